The Kier molecular flexibility index (Phi) is 5.23. The molecule has 1 N–H and O–H groups in total. The summed E-state index contributed by atoms with van der Waals surface area (Å²) in [4.78, 5) is 37.1. The lowest BCUT2D eigenvalue weighted by Gasteiger charge is -2.17. The van der Waals surface area contributed by atoms with Crippen LogP contribution in [0.2, 0.25) is 0 Å². The third-order valence-corrected chi connectivity index (χ3v) is 4.42. The highest BCUT2D eigenvalue weighted by Crippen LogP contribution is 2.36. The quantitative estimate of drug-likeness (QED) is 0.580. The SMILES string of the molecule is CC(=O)OC[C@H]1O[C@@H](n2cc(C)c(=O)[nH]c2=O)C[C@@H]1n1cc(CCl)nn1. The number of nitrogens with one attached hydrogen (secondary N) is 1. The zero-order valence-corrected chi connectivity index (χ0v) is 15.0. The van der Waals surface area contributed by atoms with E-state index in [0.717, 1.165) is 0 Å². The van der Waals surface area contributed by atoms with Crippen molar-refractivity contribution in [2.24, 2.45) is 0 Å². The summed E-state index contributed by atoms with van der Waals surface area (Å²) >= 11 is 5.77. The summed E-state index contributed by atoms with van der Waals surface area (Å²) in [7, 11) is 0. The molecule has 0 bridgehead atoms. The Morgan fingerprint density at radius 1 is 1.46 bits per heavy atom. The molecule has 0 aliphatic carbocycles. The van der Waals surface area contributed by atoms with E-state index in [1.807, 2.05) is 0 Å². The maximum Gasteiger partial charge on any atom is 0.330 e. The van der Waals surface area contributed by atoms with Gasteiger partial charge in [0, 0.05) is 25.1 Å². The first-order chi connectivity index (χ1) is 12.4. The fourth-order valence-electron chi connectivity index (χ4n) is 2.85. The number of aromatic amines is 1. The molecule has 2 aromatic heterocycles. The van der Waals surface area contributed by atoms with E-state index < -0.39 is 29.6 Å². The van der Waals surface area contributed by atoms with Crippen molar-refractivity contribution in [2.45, 2.75) is 44.5 Å². The molecule has 10 nitrogen and oxygen atoms in total. The normalized spacial score (nSPS) is 22.5. The van der Waals surface area contributed by atoms with Crippen LogP contribution in [-0.4, -0.2) is 43.2 Å². The minimum absolute atomic E-state index is 0.00363. The summed E-state index contributed by atoms with van der Waals surface area (Å²) < 4.78 is 13.9. The monoisotopic (exact) mass is 383 g/mol. The second kappa shape index (κ2) is 7.42. The Morgan fingerprint density at radius 3 is 2.88 bits per heavy atom. The van der Waals surface area contributed by atoms with Gasteiger partial charge in [-0.15, -0.1) is 16.7 Å². The molecule has 26 heavy (non-hydrogen) atoms. The highest BCUT2D eigenvalue weighted by atomic mass is 35.5. The van der Waals surface area contributed by atoms with E-state index in [1.54, 1.807) is 17.8 Å². The number of rotatable bonds is 5. The highest BCUT2D eigenvalue weighted by molar-refractivity contribution is 6.16. The molecule has 0 aromatic carbocycles. The average molecular weight is 384 g/mol. The van der Waals surface area contributed by atoms with E-state index in [4.69, 9.17) is 21.1 Å². The average Bonchev–Trinajstić information content (AvgIpc) is 3.22. The zero-order chi connectivity index (χ0) is 18.8. The number of H-pyrrole nitrogens is 1. The van der Waals surface area contributed by atoms with Gasteiger partial charge in [0.1, 0.15) is 18.9 Å². The molecule has 1 fully saturated rings. The summed E-state index contributed by atoms with van der Waals surface area (Å²) in [6, 6.07) is -0.317. The number of ether oxygens (including phenoxy) is 2. The van der Waals surface area contributed by atoms with Crippen LogP contribution in [-0.2, 0) is 20.1 Å². The Bertz CT molecular complexity index is 920. The molecule has 0 radical (unpaired) electrons. The number of hydrogen-bond acceptors (Lipinski definition) is 7. The number of hydrogen-bond donors (Lipinski definition) is 1. The molecule has 2 aromatic rings. The minimum Gasteiger partial charge on any atom is -0.463 e. The van der Waals surface area contributed by atoms with Crippen LogP contribution in [0.25, 0.3) is 0 Å². The van der Waals surface area contributed by atoms with Gasteiger partial charge >= 0.3 is 11.7 Å². The van der Waals surface area contributed by atoms with E-state index in [1.165, 1.54) is 17.7 Å². The Hall–Kier alpha value is -2.46. The Morgan fingerprint density at radius 2 is 2.23 bits per heavy atom. The summed E-state index contributed by atoms with van der Waals surface area (Å²) in [6.45, 7) is 2.91. The lowest BCUT2D eigenvalue weighted by atomic mass is 10.1. The van der Waals surface area contributed by atoms with Gasteiger partial charge in [0.25, 0.3) is 5.56 Å². The number of aryl methyl sites for hydroxylation is 1. The minimum atomic E-state index is -0.646. The van der Waals surface area contributed by atoms with Gasteiger partial charge in [0.15, 0.2) is 0 Å². The summed E-state index contributed by atoms with van der Waals surface area (Å²) in [5.41, 5.74) is -0.0328. The van der Waals surface area contributed by atoms with Crippen LogP contribution in [0.5, 0.6) is 0 Å². The molecular formula is C15H18ClN5O5. The Balaban J connectivity index is 1.90. The first-order valence-corrected chi connectivity index (χ1v) is 8.50. The third-order valence-electron chi connectivity index (χ3n) is 4.15. The number of aromatic nitrogens is 5. The molecular weight excluding hydrogens is 366 g/mol. The third kappa shape index (κ3) is 3.70. The van der Waals surface area contributed by atoms with Gasteiger partial charge in [0.2, 0.25) is 0 Å². The maximum atomic E-state index is 12.1. The number of alkyl halides is 1. The van der Waals surface area contributed by atoms with Crippen molar-refractivity contribution in [1.29, 1.82) is 0 Å². The van der Waals surface area contributed by atoms with Crippen molar-refractivity contribution in [3.63, 3.8) is 0 Å². The van der Waals surface area contributed by atoms with Crippen molar-refractivity contribution in [3.8, 4) is 0 Å². The Labute approximate surface area is 152 Å². The lowest BCUT2D eigenvalue weighted by molar-refractivity contribution is -0.146. The van der Waals surface area contributed by atoms with Crippen molar-refractivity contribution >= 4 is 17.6 Å². The fraction of sp³-hybridized carbons (Fsp3) is 0.533. The summed E-state index contributed by atoms with van der Waals surface area (Å²) in [6.07, 6.45) is 2.33. The largest absolute Gasteiger partial charge is 0.463 e. The van der Waals surface area contributed by atoms with Crippen LogP contribution in [0, 0.1) is 6.92 Å². The summed E-state index contributed by atoms with van der Waals surface area (Å²) in [5, 5.41) is 8.00. The molecule has 3 rings (SSSR count). The fourth-order valence-corrected chi connectivity index (χ4v) is 2.97. The maximum absolute atomic E-state index is 12.1. The molecule has 0 saturated carbocycles. The number of esters is 1. The molecule has 140 valence electrons. The molecule has 1 saturated heterocycles. The molecule has 0 unspecified atom stereocenters. The van der Waals surface area contributed by atoms with Crippen LogP contribution >= 0.6 is 11.6 Å². The van der Waals surface area contributed by atoms with Crippen molar-refractivity contribution in [3.05, 3.63) is 44.5 Å². The molecule has 11 heteroatoms. The van der Waals surface area contributed by atoms with Crippen LogP contribution in [0.4, 0.5) is 0 Å². The second-order valence-electron chi connectivity index (χ2n) is 6.04. The predicted molar refractivity (Wildman–Crippen MR) is 89.8 cm³/mol. The van der Waals surface area contributed by atoms with Gasteiger partial charge in [-0.3, -0.25) is 19.1 Å². The van der Waals surface area contributed by atoms with E-state index in [0.29, 0.717) is 17.7 Å². The van der Waals surface area contributed by atoms with E-state index in [9.17, 15) is 14.4 Å². The van der Waals surface area contributed by atoms with Gasteiger partial charge in [0.05, 0.1) is 23.8 Å². The number of nitrogens with zero attached hydrogens (tertiary/aromatic N) is 4. The smallest absolute Gasteiger partial charge is 0.330 e. The van der Waals surface area contributed by atoms with Gasteiger partial charge in [-0.1, -0.05) is 5.21 Å². The second-order valence-corrected chi connectivity index (χ2v) is 6.30. The molecule has 0 amide bonds. The van der Waals surface area contributed by atoms with E-state index in [-0.39, 0.29) is 18.5 Å². The standard InChI is InChI=1S/C15H18ClN5O5/c1-8-5-20(15(24)17-14(8)23)13-3-11(12(26-13)7-25-9(2)22)21-6-10(4-16)18-19-21/h5-6,11-13H,3-4,7H2,1-2H3,(H,17,23,24)/t11-,12+,13+/m0/s1. The predicted octanol–water partition coefficient (Wildman–Crippen LogP) is 0.267. The van der Waals surface area contributed by atoms with E-state index >= 15 is 0 Å². The van der Waals surface area contributed by atoms with Crippen LogP contribution < -0.4 is 11.2 Å². The molecule has 1 aliphatic rings. The van der Waals surface area contributed by atoms with Crippen LogP contribution in [0.15, 0.2) is 22.0 Å². The van der Waals surface area contributed by atoms with E-state index in [2.05, 4.69) is 15.3 Å². The van der Waals surface area contributed by atoms with Gasteiger partial charge < -0.3 is 9.47 Å². The van der Waals surface area contributed by atoms with Gasteiger partial charge in [-0.05, 0) is 6.92 Å². The summed E-state index contributed by atoms with van der Waals surface area (Å²) in [5.74, 6) is -0.225. The molecule has 3 atom stereocenters. The van der Waals surface area contributed by atoms with Crippen molar-refractivity contribution < 1.29 is 14.3 Å². The van der Waals surface area contributed by atoms with Crippen LogP contribution in [0.3, 0.4) is 0 Å². The van der Waals surface area contributed by atoms with Crippen molar-refractivity contribution in [2.75, 3.05) is 6.61 Å². The number of carbonyl (C=O) groups is 1. The topological polar surface area (TPSA) is 121 Å². The molecule has 3 heterocycles. The molecule has 0 spiro atoms. The number of carbonyl (C=O) groups excluding carboxylic acids is 1. The zero-order valence-electron chi connectivity index (χ0n) is 14.2. The van der Waals surface area contributed by atoms with Gasteiger partial charge in [-0.2, -0.15) is 0 Å². The highest BCUT2D eigenvalue weighted by Gasteiger charge is 2.39. The number of halogens is 1. The van der Waals surface area contributed by atoms with Crippen LogP contribution in [0.1, 0.15) is 36.9 Å². The first kappa shape index (κ1) is 18.3. The first-order valence-electron chi connectivity index (χ1n) is 7.96. The molecule has 1 aliphatic heterocycles. The van der Waals surface area contributed by atoms with Crippen molar-refractivity contribution in [1.82, 2.24) is 24.5 Å². The van der Waals surface area contributed by atoms with Gasteiger partial charge in [-0.25, -0.2) is 9.48 Å². The lowest BCUT2D eigenvalue weighted by Crippen LogP contribution is -2.33.